The molecule has 3 rings (SSSR count). The highest BCUT2D eigenvalue weighted by Gasteiger charge is 2.15. The number of nitrogens with one attached hydrogen (secondary N) is 1. The summed E-state index contributed by atoms with van der Waals surface area (Å²) in [6.07, 6.45) is 1.57. The molecule has 0 bridgehead atoms. The zero-order valence-corrected chi connectivity index (χ0v) is 19.0. The monoisotopic (exact) mass is 443 g/mol. The number of hydrogen-bond donors (Lipinski definition) is 1. The van der Waals surface area contributed by atoms with Crippen LogP contribution in [0.5, 0.6) is 5.75 Å². The van der Waals surface area contributed by atoms with Crippen LogP contribution in [0.4, 0.5) is 5.69 Å². The van der Waals surface area contributed by atoms with Crippen molar-refractivity contribution in [2.24, 2.45) is 0 Å². The van der Waals surface area contributed by atoms with Crippen molar-refractivity contribution in [3.63, 3.8) is 0 Å². The molecule has 7 nitrogen and oxygen atoms in total. The fraction of sp³-hybridized carbons (Fsp3) is 0.192. The zero-order chi connectivity index (χ0) is 24.0. The molecule has 1 N–H and O–H groups in total. The molecule has 168 valence electrons. The van der Waals surface area contributed by atoms with Gasteiger partial charge in [0.1, 0.15) is 17.4 Å². The number of nitriles is 1. The van der Waals surface area contributed by atoms with E-state index >= 15 is 0 Å². The van der Waals surface area contributed by atoms with Crippen LogP contribution in [0.15, 0.2) is 60.2 Å². The maximum Gasteiger partial charge on any atom is 0.337 e. The van der Waals surface area contributed by atoms with Crippen molar-refractivity contribution >= 4 is 23.6 Å². The van der Waals surface area contributed by atoms with Crippen LogP contribution in [-0.4, -0.2) is 30.2 Å². The van der Waals surface area contributed by atoms with Crippen LogP contribution in [0.25, 0.3) is 11.8 Å². The molecule has 0 spiro atoms. The molecule has 3 aromatic rings. The van der Waals surface area contributed by atoms with Crippen molar-refractivity contribution in [3.8, 4) is 17.5 Å². The summed E-state index contributed by atoms with van der Waals surface area (Å²) in [6.45, 7) is 6.30. The average molecular weight is 444 g/mol. The van der Waals surface area contributed by atoms with E-state index in [9.17, 15) is 14.9 Å². The predicted molar refractivity (Wildman–Crippen MR) is 126 cm³/mol. The van der Waals surface area contributed by atoms with E-state index in [4.69, 9.17) is 9.47 Å². The summed E-state index contributed by atoms with van der Waals surface area (Å²) in [5.74, 6) is -0.184. The van der Waals surface area contributed by atoms with Gasteiger partial charge >= 0.3 is 5.97 Å². The highest BCUT2D eigenvalue weighted by atomic mass is 16.5. The molecule has 0 aliphatic carbocycles. The number of carbonyl (C=O) groups is 2. The molecule has 2 aromatic carbocycles. The van der Waals surface area contributed by atoms with Gasteiger partial charge in [-0.15, -0.1) is 0 Å². The van der Waals surface area contributed by atoms with Crippen molar-refractivity contribution < 1.29 is 19.1 Å². The molecule has 0 fully saturated rings. The number of benzene rings is 2. The lowest BCUT2D eigenvalue weighted by atomic mass is 10.1. The van der Waals surface area contributed by atoms with Crippen molar-refractivity contribution in [1.29, 1.82) is 5.26 Å². The standard InChI is InChI=1S/C26H25N3O4/c1-5-33-24-12-8-22(9-13-24)28-25(30)21(16-27)15-20-14-17(2)29(18(20)3)23-10-6-19(7-11-23)26(31)32-4/h6-15H,5H2,1-4H3,(H,28,30)/b21-15+. The molecule has 0 radical (unpaired) electrons. The number of amides is 1. The number of ether oxygens (including phenoxy) is 2. The van der Waals surface area contributed by atoms with E-state index in [2.05, 4.69) is 5.32 Å². The SMILES string of the molecule is CCOc1ccc(NC(=O)/C(C#N)=C/c2cc(C)n(-c3ccc(C(=O)OC)cc3)c2C)cc1. The van der Waals surface area contributed by atoms with Crippen molar-refractivity contribution in [3.05, 3.63) is 82.7 Å². The van der Waals surface area contributed by atoms with Crippen molar-refractivity contribution in [2.75, 3.05) is 19.0 Å². The Balaban J connectivity index is 1.85. The van der Waals surface area contributed by atoms with Crippen LogP contribution in [0.3, 0.4) is 0 Å². The second-order valence-electron chi connectivity index (χ2n) is 7.28. The van der Waals surface area contributed by atoms with Gasteiger partial charge < -0.3 is 19.4 Å². The Morgan fingerprint density at radius 3 is 2.33 bits per heavy atom. The van der Waals surface area contributed by atoms with Crippen LogP contribution in [-0.2, 0) is 9.53 Å². The number of nitrogens with zero attached hydrogens (tertiary/aromatic N) is 2. The first-order valence-corrected chi connectivity index (χ1v) is 10.4. The molecule has 0 aliphatic rings. The zero-order valence-electron chi connectivity index (χ0n) is 19.0. The molecule has 0 saturated carbocycles. The van der Waals surface area contributed by atoms with E-state index in [0.29, 0.717) is 23.6 Å². The van der Waals surface area contributed by atoms with Crippen LogP contribution in [0, 0.1) is 25.2 Å². The van der Waals surface area contributed by atoms with Gasteiger partial charge in [0, 0.05) is 22.8 Å². The van der Waals surface area contributed by atoms with Gasteiger partial charge in [0.25, 0.3) is 5.91 Å². The van der Waals surface area contributed by atoms with Crippen molar-refractivity contribution in [1.82, 2.24) is 4.57 Å². The van der Waals surface area contributed by atoms with Gasteiger partial charge in [-0.25, -0.2) is 4.79 Å². The van der Waals surface area contributed by atoms with Gasteiger partial charge in [-0.1, -0.05) is 0 Å². The smallest absolute Gasteiger partial charge is 0.337 e. The summed E-state index contributed by atoms with van der Waals surface area (Å²) in [6, 6.07) is 17.9. The number of esters is 1. The lowest BCUT2D eigenvalue weighted by molar-refractivity contribution is -0.112. The molecule has 1 aromatic heterocycles. The topological polar surface area (TPSA) is 93.4 Å². The van der Waals surface area contributed by atoms with E-state index in [-0.39, 0.29) is 5.57 Å². The van der Waals surface area contributed by atoms with Gasteiger partial charge in [0.2, 0.25) is 0 Å². The molecule has 1 amide bonds. The summed E-state index contributed by atoms with van der Waals surface area (Å²) < 4.78 is 12.1. The first kappa shape index (κ1) is 23.4. The second-order valence-corrected chi connectivity index (χ2v) is 7.28. The highest BCUT2D eigenvalue weighted by Crippen LogP contribution is 2.24. The Labute approximate surface area is 192 Å². The third-order valence-corrected chi connectivity index (χ3v) is 5.10. The molecule has 0 saturated heterocycles. The van der Waals surface area contributed by atoms with E-state index in [1.807, 2.05) is 49.6 Å². The fourth-order valence-corrected chi connectivity index (χ4v) is 3.50. The lowest BCUT2D eigenvalue weighted by Crippen LogP contribution is -2.13. The number of methoxy groups -OCH3 is 1. The minimum absolute atomic E-state index is 0.00910. The minimum Gasteiger partial charge on any atom is -0.494 e. The first-order chi connectivity index (χ1) is 15.9. The van der Waals surface area contributed by atoms with Gasteiger partial charge in [0.15, 0.2) is 0 Å². The summed E-state index contributed by atoms with van der Waals surface area (Å²) in [5, 5.41) is 12.3. The fourth-order valence-electron chi connectivity index (χ4n) is 3.50. The summed E-state index contributed by atoms with van der Waals surface area (Å²) in [7, 11) is 1.34. The van der Waals surface area contributed by atoms with Gasteiger partial charge in [0.05, 0.1) is 19.3 Å². The van der Waals surface area contributed by atoms with Crippen LogP contribution >= 0.6 is 0 Å². The van der Waals surface area contributed by atoms with Crippen LogP contribution in [0.2, 0.25) is 0 Å². The van der Waals surface area contributed by atoms with Gasteiger partial charge in [-0.3, -0.25) is 4.79 Å². The maximum atomic E-state index is 12.7. The Kier molecular flexibility index (Phi) is 7.31. The highest BCUT2D eigenvalue weighted by molar-refractivity contribution is 6.09. The van der Waals surface area contributed by atoms with E-state index < -0.39 is 11.9 Å². The molecular formula is C26H25N3O4. The normalized spacial score (nSPS) is 10.9. The largest absolute Gasteiger partial charge is 0.494 e. The van der Waals surface area contributed by atoms with E-state index in [0.717, 1.165) is 22.6 Å². The Morgan fingerprint density at radius 2 is 1.76 bits per heavy atom. The maximum absolute atomic E-state index is 12.7. The molecule has 0 aliphatic heterocycles. The van der Waals surface area contributed by atoms with Gasteiger partial charge in [-0.2, -0.15) is 5.26 Å². The van der Waals surface area contributed by atoms with E-state index in [1.165, 1.54) is 7.11 Å². The summed E-state index contributed by atoms with van der Waals surface area (Å²) in [5.41, 5.74) is 4.42. The third kappa shape index (κ3) is 5.31. The summed E-state index contributed by atoms with van der Waals surface area (Å²) >= 11 is 0. The molecular weight excluding hydrogens is 418 g/mol. The minimum atomic E-state index is -0.492. The number of aromatic nitrogens is 1. The summed E-state index contributed by atoms with van der Waals surface area (Å²) in [4.78, 5) is 24.4. The molecule has 1 heterocycles. The van der Waals surface area contributed by atoms with Crippen molar-refractivity contribution in [2.45, 2.75) is 20.8 Å². The van der Waals surface area contributed by atoms with Crippen LogP contribution in [0.1, 0.15) is 34.2 Å². The van der Waals surface area contributed by atoms with Gasteiger partial charge in [-0.05, 0) is 87.0 Å². The molecule has 0 unspecified atom stereocenters. The second kappa shape index (κ2) is 10.3. The number of anilines is 1. The first-order valence-electron chi connectivity index (χ1n) is 10.4. The number of aryl methyl sites for hydroxylation is 1. The quantitative estimate of drug-likeness (QED) is 0.321. The number of carbonyl (C=O) groups excluding carboxylic acids is 2. The average Bonchev–Trinajstić information content (AvgIpc) is 3.10. The Bertz CT molecular complexity index is 1230. The third-order valence-electron chi connectivity index (χ3n) is 5.10. The number of rotatable bonds is 7. The molecule has 33 heavy (non-hydrogen) atoms. The molecule has 0 atom stereocenters. The van der Waals surface area contributed by atoms with Crippen LogP contribution < -0.4 is 10.1 Å². The molecule has 7 heteroatoms. The Hall–Kier alpha value is -4.31. The Morgan fingerprint density at radius 1 is 1.09 bits per heavy atom. The lowest BCUT2D eigenvalue weighted by Gasteiger charge is -2.10. The number of hydrogen-bond acceptors (Lipinski definition) is 5. The predicted octanol–water partition coefficient (Wildman–Crippen LogP) is 4.83. The van der Waals surface area contributed by atoms with E-state index in [1.54, 1.807) is 42.5 Å².